The average molecular weight is 259 g/mol. The molecule has 0 spiro atoms. The second-order valence-corrected chi connectivity index (χ2v) is 4.32. The second kappa shape index (κ2) is 4.26. The molecule has 0 bridgehead atoms. The molecule has 1 saturated heterocycles. The number of hydrogen-bond donors (Lipinski definition) is 0. The van der Waals surface area contributed by atoms with Crippen molar-refractivity contribution >= 4 is 21.7 Å². The van der Waals surface area contributed by atoms with Gasteiger partial charge in [-0.25, -0.2) is 9.37 Å². The molecule has 0 aromatic carbocycles. The average Bonchev–Trinajstić information content (AvgIpc) is 2.20. The van der Waals surface area contributed by atoms with Crippen LogP contribution in [-0.2, 0) is 0 Å². The van der Waals surface area contributed by atoms with Crippen LogP contribution in [0.15, 0.2) is 22.8 Å². The summed E-state index contributed by atoms with van der Waals surface area (Å²) in [7, 11) is 0. The molecule has 2 nitrogen and oxygen atoms in total. The zero-order valence-corrected chi connectivity index (χ0v) is 9.37. The molecule has 1 fully saturated rings. The Balaban J connectivity index is 2.12. The van der Waals surface area contributed by atoms with Crippen molar-refractivity contribution in [3.63, 3.8) is 0 Å². The molecule has 1 aliphatic heterocycles. The number of nitrogens with zero attached hydrogens (tertiary/aromatic N) is 2. The highest BCUT2D eigenvalue weighted by Gasteiger charge is 2.20. The largest absolute Gasteiger partial charge is 0.355 e. The summed E-state index contributed by atoms with van der Waals surface area (Å²) in [5.41, 5.74) is 0. The van der Waals surface area contributed by atoms with Gasteiger partial charge in [0.2, 0.25) is 0 Å². The molecule has 1 aliphatic rings. The molecule has 4 heteroatoms. The summed E-state index contributed by atoms with van der Waals surface area (Å²) >= 11 is 3.45. The fraction of sp³-hybridized carbons (Fsp3) is 0.500. The van der Waals surface area contributed by atoms with Crippen LogP contribution in [0.4, 0.5) is 10.2 Å². The number of rotatable bonds is 1. The standard InChI is InChI=1S/C10H12BrFN2/c11-9-2-1-5-13-10(9)14-6-3-8(12)4-7-14/h1-2,5,8H,3-4,6-7H2. The van der Waals surface area contributed by atoms with Crippen molar-refractivity contribution in [2.75, 3.05) is 18.0 Å². The third kappa shape index (κ3) is 2.05. The Kier molecular flexibility index (Phi) is 3.01. The maximum Gasteiger partial charge on any atom is 0.142 e. The number of aromatic nitrogens is 1. The molecule has 0 radical (unpaired) electrons. The third-order valence-electron chi connectivity index (χ3n) is 2.46. The Bertz CT molecular complexity index is 311. The maximum absolute atomic E-state index is 12.9. The number of pyridine rings is 1. The lowest BCUT2D eigenvalue weighted by Crippen LogP contribution is -2.35. The molecular weight excluding hydrogens is 247 g/mol. The van der Waals surface area contributed by atoms with Crippen LogP contribution in [0.25, 0.3) is 0 Å². The first-order valence-corrected chi connectivity index (χ1v) is 5.56. The van der Waals surface area contributed by atoms with Gasteiger partial charge in [-0.15, -0.1) is 0 Å². The van der Waals surface area contributed by atoms with E-state index < -0.39 is 6.17 Å². The second-order valence-electron chi connectivity index (χ2n) is 3.47. The predicted molar refractivity (Wildman–Crippen MR) is 58.3 cm³/mol. The molecule has 0 aliphatic carbocycles. The topological polar surface area (TPSA) is 16.1 Å². The Morgan fingerprint density at radius 1 is 1.43 bits per heavy atom. The van der Waals surface area contributed by atoms with Crippen LogP contribution in [-0.4, -0.2) is 24.2 Å². The first-order chi connectivity index (χ1) is 6.77. The Hall–Kier alpha value is -0.640. The molecule has 2 rings (SSSR count). The number of halogens is 2. The molecule has 0 saturated carbocycles. The molecule has 0 amide bonds. The van der Waals surface area contributed by atoms with E-state index in [0.29, 0.717) is 12.8 Å². The molecule has 1 aromatic heterocycles. The van der Waals surface area contributed by atoms with Gasteiger partial charge in [-0.1, -0.05) is 0 Å². The van der Waals surface area contributed by atoms with E-state index >= 15 is 0 Å². The van der Waals surface area contributed by atoms with Gasteiger partial charge in [-0.3, -0.25) is 0 Å². The van der Waals surface area contributed by atoms with E-state index in [1.165, 1.54) is 0 Å². The van der Waals surface area contributed by atoms with E-state index in [-0.39, 0.29) is 0 Å². The molecule has 0 unspecified atom stereocenters. The van der Waals surface area contributed by atoms with Gasteiger partial charge in [-0.2, -0.15) is 0 Å². The van der Waals surface area contributed by atoms with Crippen LogP contribution < -0.4 is 4.90 Å². The molecule has 14 heavy (non-hydrogen) atoms. The van der Waals surface area contributed by atoms with Crippen molar-refractivity contribution in [3.05, 3.63) is 22.8 Å². The molecule has 0 atom stereocenters. The van der Waals surface area contributed by atoms with Gasteiger partial charge in [-0.05, 0) is 40.9 Å². The maximum atomic E-state index is 12.9. The molecule has 2 heterocycles. The lowest BCUT2D eigenvalue weighted by Gasteiger charge is -2.30. The van der Waals surface area contributed by atoms with Crippen LogP contribution in [0.1, 0.15) is 12.8 Å². The Morgan fingerprint density at radius 3 is 2.79 bits per heavy atom. The van der Waals surface area contributed by atoms with Crippen molar-refractivity contribution in [3.8, 4) is 0 Å². The van der Waals surface area contributed by atoms with Gasteiger partial charge < -0.3 is 4.90 Å². The van der Waals surface area contributed by atoms with Crippen LogP contribution in [0, 0.1) is 0 Å². The number of piperidine rings is 1. The highest BCUT2D eigenvalue weighted by molar-refractivity contribution is 9.10. The lowest BCUT2D eigenvalue weighted by molar-refractivity contribution is 0.276. The number of anilines is 1. The van der Waals surface area contributed by atoms with E-state index in [1.54, 1.807) is 6.20 Å². The molecular formula is C10H12BrFN2. The fourth-order valence-corrected chi connectivity index (χ4v) is 2.18. The van der Waals surface area contributed by atoms with Crippen LogP contribution in [0.5, 0.6) is 0 Å². The van der Waals surface area contributed by atoms with Gasteiger partial charge >= 0.3 is 0 Å². The van der Waals surface area contributed by atoms with Crippen molar-refractivity contribution in [2.45, 2.75) is 19.0 Å². The normalized spacial score (nSPS) is 18.6. The smallest absolute Gasteiger partial charge is 0.142 e. The van der Waals surface area contributed by atoms with Crippen LogP contribution in [0.3, 0.4) is 0 Å². The zero-order valence-electron chi connectivity index (χ0n) is 7.79. The monoisotopic (exact) mass is 258 g/mol. The van der Waals surface area contributed by atoms with Gasteiger partial charge in [0.25, 0.3) is 0 Å². The number of alkyl halides is 1. The summed E-state index contributed by atoms with van der Waals surface area (Å²) in [6, 6.07) is 3.85. The first-order valence-electron chi connectivity index (χ1n) is 4.77. The fourth-order valence-electron chi connectivity index (χ4n) is 1.67. The van der Waals surface area contributed by atoms with Gasteiger partial charge in [0, 0.05) is 19.3 Å². The minimum atomic E-state index is -0.631. The van der Waals surface area contributed by atoms with E-state index in [2.05, 4.69) is 25.8 Å². The summed E-state index contributed by atoms with van der Waals surface area (Å²) < 4.78 is 13.9. The molecule has 76 valence electrons. The first kappa shape index (κ1) is 9.90. The minimum absolute atomic E-state index is 0.614. The van der Waals surface area contributed by atoms with E-state index in [9.17, 15) is 4.39 Å². The third-order valence-corrected chi connectivity index (χ3v) is 3.08. The lowest BCUT2D eigenvalue weighted by atomic mass is 10.1. The van der Waals surface area contributed by atoms with Gasteiger partial charge in [0.05, 0.1) is 4.47 Å². The van der Waals surface area contributed by atoms with Crippen LogP contribution >= 0.6 is 15.9 Å². The summed E-state index contributed by atoms with van der Waals surface area (Å²) in [5, 5.41) is 0. The van der Waals surface area contributed by atoms with Crippen molar-refractivity contribution < 1.29 is 4.39 Å². The summed E-state index contributed by atoms with van der Waals surface area (Å²) in [6.07, 6.45) is 2.36. The van der Waals surface area contributed by atoms with Gasteiger partial charge in [0.15, 0.2) is 0 Å². The zero-order chi connectivity index (χ0) is 9.97. The SMILES string of the molecule is FC1CCN(c2ncccc2Br)CC1. The summed E-state index contributed by atoms with van der Waals surface area (Å²) in [5.74, 6) is 0.930. The Labute approximate surface area is 91.3 Å². The molecule has 0 N–H and O–H groups in total. The number of hydrogen-bond acceptors (Lipinski definition) is 2. The van der Waals surface area contributed by atoms with Crippen LogP contribution in [0.2, 0.25) is 0 Å². The van der Waals surface area contributed by atoms with E-state index in [0.717, 1.165) is 23.4 Å². The highest BCUT2D eigenvalue weighted by Crippen LogP contribution is 2.26. The van der Waals surface area contributed by atoms with Crippen molar-refractivity contribution in [1.29, 1.82) is 0 Å². The molecule has 1 aromatic rings. The quantitative estimate of drug-likeness (QED) is 0.770. The highest BCUT2D eigenvalue weighted by atomic mass is 79.9. The van der Waals surface area contributed by atoms with Gasteiger partial charge in [0.1, 0.15) is 12.0 Å². The summed E-state index contributed by atoms with van der Waals surface area (Å²) in [4.78, 5) is 6.41. The minimum Gasteiger partial charge on any atom is -0.355 e. The predicted octanol–water partition coefficient (Wildman–Crippen LogP) is 2.78. The summed E-state index contributed by atoms with van der Waals surface area (Å²) in [6.45, 7) is 1.52. The Morgan fingerprint density at radius 2 is 2.14 bits per heavy atom. The van der Waals surface area contributed by atoms with Crippen molar-refractivity contribution in [1.82, 2.24) is 4.98 Å². The van der Waals surface area contributed by atoms with Crippen molar-refractivity contribution in [2.24, 2.45) is 0 Å². The van der Waals surface area contributed by atoms with E-state index in [4.69, 9.17) is 0 Å². The van der Waals surface area contributed by atoms with E-state index in [1.807, 2.05) is 12.1 Å².